The first-order valence-electron chi connectivity index (χ1n) is 45.7. The molecular weight excluding hydrogens is 2050 g/mol. The van der Waals surface area contributed by atoms with Crippen LogP contribution in [0.2, 0.25) is 40.2 Å². The van der Waals surface area contributed by atoms with E-state index in [2.05, 4.69) is 175 Å². The summed E-state index contributed by atoms with van der Waals surface area (Å²) in [5.41, 5.74) is 28.6. The normalized spacial score (nSPS) is 11.0. The fraction of sp³-hybridized carbons (Fsp3) is 0. The Hall–Kier alpha value is -14.8. The molecule has 26 rings (SSSR count). The van der Waals surface area contributed by atoms with Crippen LogP contribution < -0.4 is 27.5 Å². The summed E-state index contributed by atoms with van der Waals surface area (Å²) in [5.74, 6) is 0.822. The molecule has 0 aliphatic carbocycles. The summed E-state index contributed by atoms with van der Waals surface area (Å²) in [6.07, 6.45) is 1.71. The lowest BCUT2D eigenvalue weighted by molar-refractivity contribution is 0.111. The van der Waals surface area contributed by atoms with Gasteiger partial charge in [0.1, 0.15) is 17.1 Å². The molecule has 0 amide bonds. The number of anilines is 2. The summed E-state index contributed by atoms with van der Waals surface area (Å²) < 4.78 is 17.3. The van der Waals surface area contributed by atoms with Crippen molar-refractivity contribution in [3.05, 3.63) is 486 Å². The molecule has 0 saturated heterocycles. The number of fused-ring (bicyclic) bond motifs is 24. The van der Waals surface area contributed by atoms with E-state index >= 15 is 0 Å². The molecular formula is C121H80BBrCl8N8O5P+. The molecule has 26 aromatic rings. The molecule has 0 spiro atoms. The van der Waals surface area contributed by atoms with Crippen molar-refractivity contribution in [1.29, 1.82) is 0 Å². The second kappa shape index (κ2) is 44.6. The highest BCUT2D eigenvalue weighted by molar-refractivity contribution is 9.10. The molecule has 7 N–H and O–H groups in total. The van der Waals surface area contributed by atoms with Crippen molar-refractivity contribution in [1.82, 2.24) is 28.7 Å². The molecule has 0 fully saturated rings. The van der Waals surface area contributed by atoms with E-state index in [1.54, 1.807) is 36.4 Å². The monoisotopic (exact) mass is 2130 g/mol. The van der Waals surface area contributed by atoms with E-state index in [4.69, 9.17) is 129 Å². The van der Waals surface area contributed by atoms with Crippen LogP contribution in [0.4, 0.5) is 11.4 Å². The lowest BCUT2D eigenvalue weighted by Crippen LogP contribution is -2.30. The summed E-state index contributed by atoms with van der Waals surface area (Å²) in [6.45, 7) is 0. The van der Waals surface area contributed by atoms with Crippen molar-refractivity contribution >= 4 is 305 Å². The maximum Gasteiger partial charge on any atom is 0.489 e. The lowest BCUT2D eigenvalue weighted by atomic mass is 9.80. The molecule has 704 valence electrons. The number of para-hydroxylation sites is 8. The third kappa shape index (κ3) is 21.2. The number of carbonyl (C=O) groups excluding carboxylic acids is 2. The summed E-state index contributed by atoms with van der Waals surface area (Å²) in [4.78, 5) is 40.1. The van der Waals surface area contributed by atoms with Crippen molar-refractivity contribution in [2.24, 2.45) is 0 Å². The Labute approximate surface area is 882 Å². The number of H-pyrrole nitrogens is 1. The predicted octanol–water partition coefficient (Wildman–Crippen LogP) is 33.6. The summed E-state index contributed by atoms with van der Waals surface area (Å²) in [7, 11) is -2.96. The van der Waals surface area contributed by atoms with Crippen molar-refractivity contribution in [3.63, 3.8) is 0 Å². The van der Waals surface area contributed by atoms with E-state index < -0.39 is 14.9 Å². The second-order valence-electron chi connectivity index (χ2n) is 33.6. The molecule has 0 aliphatic rings. The van der Waals surface area contributed by atoms with Gasteiger partial charge in [-0.25, -0.2) is 15.0 Å². The number of imidazole rings is 3. The van der Waals surface area contributed by atoms with Crippen LogP contribution in [-0.4, -0.2) is 58.5 Å². The molecule has 145 heavy (non-hydrogen) atoms. The zero-order chi connectivity index (χ0) is 100. The van der Waals surface area contributed by atoms with Gasteiger partial charge in [-0.2, -0.15) is 0 Å². The van der Waals surface area contributed by atoms with Gasteiger partial charge in [0.05, 0.1) is 55.5 Å². The van der Waals surface area contributed by atoms with Crippen molar-refractivity contribution < 1.29 is 24.2 Å². The van der Waals surface area contributed by atoms with Gasteiger partial charge in [0, 0.05) is 121 Å². The standard InChI is InChI=1S/C23H14Cl2N2.2C23H13ClN2.C17H10Cl2O.C12H10OP.C11H7BrO.C6H5BCl2O2.C6H8N2/c24-15-10-12-17(19(25)13-15)22-16-6-2-1-5-14(16)9-11-18(22)23-26-20-7-3-4-8-21(20)27-23;2*24-15-10-12-17-21(13-15)26-20-8-4-3-7-19(20)25-23(26)18-11-9-14-5-1-2-6-16(14)22(17)18;18-13-7-8-15(16(19)9-13)17-12(10-20)6-5-11-3-1-2-4-14(11)17;13-14(11-7-3-1-4-8-11)12-9-5-2-6-10-12;12-11-9(7-13)6-5-8-3-1-2-4-10(8)11;8-4-1-2-5(7(10)11)6(9)3-4;7-5-3-1-2-4-6(5)8/h1-13H,(H,26,27);2*1-13H;1-10H;1-10H;1-7H;1-3,10-11H;1-4H,7-8H2/q;;;;+1;;;. The molecule has 0 radical (unpaired) electrons. The number of nitrogen functional groups attached to an aromatic ring is 2. The number of nitrogens with two attached hydrogens (primary N) is 2. The summed E-state index contributed by atoms with van der Waals surface area (Å²) in [5, 5.41) is 42.4. The zero-order valence-corrected chi connectivity index (χ0v) is 85.1. The molecule has 0 bridgehead atoms. The molecule has 0 atom stereocenters. The highest BCUT2D eigenvalue weighted by Gasteiger charge is 2.25. The first kappa shape index (κ1) is 98.9. The average molecular weight is 2130 g/mol. The fourth-order valence-electron chi connectivity index (χ4n) is 17.9. The van der Waals surface area contributed by atoms with Crippen LogP contribution in [0.25, 0.3) is 175 Å². The highest BCUT2D eigenvalue weighted by Crippen LogP contribution is 2.45. The maximum absolute atomic E-state index is 12.0. The number of carbonyl (C=O) groups is 2. The van der Waals surface area contributed by atoms with Crippen LogP contribution >= 0.6 is 117 Å². The van der Waals surface area contributed by atoms with Gasteiger partial charge >= 0.3 is 14.9 Å². The van der Waals surface area contributed by atoms with Crippen LogP contribution in [0.1, 0.15) is 20.7 Å². The number of hydrogen-bond acceptors (Lipinski definition) is 10. The van der Waals surface area contributed by atoms with Crippen molar-refractivity contribution in [2.75, 3.05) is 11.5 Å². The summed E-state index contributed by atoms with van der Waals surface area (Å²) in [6, 6.07) is 140. The number of rotatable bonds is 8. The Morgan fingerprint density at radius 3 is 1.12 bits per heavy atom. The van der Waals surface area contributed by atoms with E-state index in [1.807, 2.05) is 237 Å². The van der Waals surface area contributed by atoms with E-state index in [0.29, 0.717) is 47.6 Å². The van der Waals surface area contributed by atoms with E-state index in [-0.39, 0.29) is 10.5 Å². The van der Waals surface area contributed by atoms with Gasteiger partial charge in [-0.15, -0.1) is 0 Å². The average Bonchev–Trinajstić information content (AvgIpc) is 1.59. The smallest absolute Gasteiger partial charge is 0.423 e. The van der Waals surface area contributed by atoms with Crippen LogP contribution in [0, 0.1) is 0 Å². The molecule has 13 nitrogen and oxygen atoms in total. The number of nitrogens with zero attached hydrogens (tertiary/aromatic N) is 5. The topological polar surface area (TPSA) is 207 Å². The van der Waals surface area contributed by atoms with Gasteiger partial charge in [0.25, 0.3) is 0 Å². The zero-order valence-electron chi connectivity index (χ0n) is 76.6. The molecule has 0 saturated carbocycles. The second-order valence-corrected chi connectivity index (χ2v) is 39.4. The number of halogens is 9. The van der Waals surface area contributed by atoms with E-state index in [0.717, 1.165) is 170 Å². The van der Waals surface area contributed by atoms with Gasteiger partial charge in [0.15, 0.2) is 23.2 Å². The van der Waals surface area contributed by atoms with E-state index in [1.165, 1.54) is 55.2 Å². The fourth-order valence-corrected chi connectivity index (χ4v) is 21.6. The van der Waals surface area contributed by atoms with Gasteiger partial charge in [0.2, 0.25) is 0 Å². The minimum Gasteiger partial charge on any atom is -0.423 e. The van der Waals surface area contributed by atoms with Crippen molar-refractivity contribution in [2.45, 2.75) is 0 Å². The lowest BCUT2D eigenvalue weighted by Gasteiger charge is -2.14. The first-order chi connectivity index (χ1) is 70.6. The van der Waals surface area contributed by atoms with Gasteiger partial charge in [-0.05, 0) is 228 Å². The number of benzene rings is 21. The van der Waals surface area contributed by atoms with E-state index in [9.17, 15) is 14.2 Å². The Kier molecular flexibility index (Phi) is 30.4. The first-order valence-corrected chi connectivity index (χ1v) is 50.8. The molecule has 0 unspecified atom stereocenters. The third-order valence-corrected chi connectivity index (χ3v) is 29.2. The van der Waals surface area contributed by atoms with Crippen LogP contribution in [-0.2, 0) is 4.57 Å². The maximum atomic E-state index is 12.0. The number of hydrogen-bond donors (Lipinski definition) is 5. The largest absolute Gasteiger partial charge is 0.489 e. The van der Waals surface area contributed by atoms with Crippen LogP contribution in [0.15, 0.2) is 435 Å². The summed E-state index contributed by atoms with van der Waals surface area (Å²) >= 11 is 52.3. The SMILES string of the molecule is Clc1ccc(-c2c(-c3nc4ccccc4[nH]3)ccc3ccccc23)c(Cl)c1.Clc1ccc2c3c4ccccc4ccc3c3nc4ccccc4n3c2c1.Clc1ccc2c3c4ccccc4ccc3c3nc4ccccc4n3c2c1.Nc1ccccc1N.O=Cc1ccc2ccccc2c1-c1ccc(Cl)cc1Cl.O=Cc1ccc2ccccc2c1Br.O=[P+](c1ccccc1)c1ccccc1.OB(O)c1ccc(Cl)cc1Cl. The number of aromatic nitrogens is 6. The quantitative estimate of drug-likeness (QED) is 0.0320. The Balaban J connectivity index is 0.000000108. The van der Waals surface area contributed by atoms with Crippen molar-refractivity contribution in [3.8, 4) is 33.6 Å². The molecule has 0 aliphatic heterocycles. The molecule has 24 heteroatoms. The van der Waals surface area contributed by atoms with Gasteiger partial charge in [-0.3, -0.25) is 18.4 Å². The third-order valence-electron chi connectivity index (χ3n) is 24.7. The Morgan fingerprint density at radius 1 is 0.310 bits per heavy atom. The number of aromatic amines is 1. The molecule has 5 aromatic heterocycles. The number of nitrogens with one attached hydrogen (secondary N) is 1. The molecule has 5 heterocycles. The Morgan fingerprint density at radius 2 is 0.662 bits per heavy atom. The minimum absolute atomic E-state index is 0.257. The predicted molar refractivity (Wildman–Crippen MR) is 618 cm³/mol. The minimum atomic E-state index is -1.54. The van der Waals surface area contributed by atoms with Crippen LogP contribution in [0.5, 0.6) is 0 Å². The number of aldehydes is 2. The van der Waals surface area contributed by atoms with Gasteiger partial charge in [-0.1, -0.05) is 370 Å². The van der Waals surface area contributed by atoms with Gasteiger partial charge < -0.3 is 26.5 Å². The van der Waals surface area contributed by atoms with Crippen LogP contribution in [0.3, 0.4) is 0 Å². The number of pyridine rings is 2. The molecule has 21 aromatic carbocycles. The Bertz CT molecular complexity index is 9150. The highest BCUT2D eigenvalue weighted by atomic mass is 79.9.